The van der Waals surface area contributed by atoms with Gasteiger partial charge >= 0.3 is 0 Å². The lowest BCUT2D eigenvalue weighted by Crippen LogP contribution is -2.43. The second kappa shape index (κ2) is 5.54. The van der Waals surface area contributed by atoms with Crippen molar-refractivity contribution in [3.63, 3.8) is 0 Å². The molecule has 0 aliphatic heterocycles. The molecule has 0 saturated carbocycles. The van der Waals surface area contributed by atoms with Crippen LogP contribution < -0.4 is 5.73 Å². The molecule has 20 heavy (non-hydrogen) atoms. The number of aromatic nitrogens is 3. The summed E-state index contributed by atoms with van der Waals surface area (Å²) in [6.45, 7) is 5.74. The molecule has 1 aromatic heterocycles. The van der Waals surface area contributed by atoms with Crippen molar-refractivity contribution in [3.8, 4) is 0 Å². The van der Waals surface area contributed by atoms with Crippen molar-refractivity contribution in [2.75, 3.05) is 0 Å². The Kier molecular flexibility index (Phi) is 3.99. The predicted molar refractivity (Wildman–Crippen MR) is 77.1 cm³/mol. The fourth-order valence-corrected chi connectivity index (χ4v) is 2.10. The Balaban J connectivity index is 2.22. The molecule has 0 fully saturated rings. The highest BCUT2D eigenvalue weighted by atomic mass is 16.1. The van der Waals surface area contributed by atoms with Crippen LogP contribution in [0.4, 0.5) is 0 Å². The molecule has 0 aliphatic carbocycles. The Hall–Kier alpha value is -2.01. The minimum absolute atomic E-state index is 0.0707. The molecule has 2 aromatic rings. The van der Waals surface area contributed by atoms with E-state index in [1.54, 1.807) is 11.6 Å². The van der Waals surface area contributed by atoms with Crippen LogP contribution in [0.5, 0.6) is 0 Å². The van der Waals surface area contributed by atoms with Gasteiger partial charge in [-0.3, -0.25) is 4.79 Å². The van der Waals surface area contributed by atoms with E-state index in [1.807, 2.05) is 44.2 Å². The van der Waals surface area contributed by atoms with Crippen molar-refractivity contribution in [2.24, 2.45) is 5.73 Å². The molecule has 0 aliphatic rings. The zero-order valence-corrected chi connectivity index (χ0v) is 12.1. The van der Waals surface area contributed by atoms with Crippen LogP contribution >= 0.6 is 0 Å². The van der Waals surface area contributed by atoms with Gasteiger partial charge in [-0.05, 0) is 26.3 Å². The molecule has 2 rings (SSSR count). The predicted octanol–water partition coefficient (Wildman–Crippen LogP) is 1.84. The largest absolute Gasteiger partial charge is 0.315 e. The van der Waals surface area contributed by atoms with Crippen LogP contribution in [0.2, 0.25) is 0 Å². The number of benzene rings is 1. The molecule has 1 atom stereocenters. The number of hydrogen-bond donors (Lipinski definition) is 1. The Morgan fingerprint density at radius 3 is 2.60 bits per heavy atom. The van der Waals surface area contributed by atoms with Crippen LogP contribution in [0.15, 0.2) is 36.7 Å². The van der Waals surface area contributed by atoms with E-state index in [-0.39, 0.29) is 18.2 Å². The normalized spacial score (nSPS) is 14.2. The molecular formula is C15H20N4O. The zero-order valence-electron chi connectivity index (χ0n) is 12.1. The fourth-order valence-electron chi connectivity index (χ4n) is 2.10. The third-order valence-corrected chi connectivity index (χ3v) is 3.41. The molecule has 0 spiro atoms. The Labute approximate surface area is 118 Å². The van der Waals surface area contributed by atoms with E-state index < -0.39 is 5.54 Å². The van der Waals surface area contributed by atoms with E-state index in [9.17, 15) is 4.79 Å². The van der Waals surface area contributed by atoms with E-state index >= 15 is 0 Å². The van der Waals surface area contributed by atoms with Gasteiger partial charge in [0.05, 0.1) is 12.0 Å². The molecule has 0 bridgehead atoms. The van der Waals surface area contributed by atoms with Crippen molar-refractivity contribution in [2.45, 2.75) is 38.8 Å². The van der Waals surface area contributed by atoms with Gasteiger partial charge in [0.2, 0.25) is 0 Å². The molecule has 1 aromatic carbocycles. The molecule has 2 N–H and O–H groups in total. The van der Waals surface area contributed by atoms with E-state index in [4.69, 9.17) is 5.73 Å². The molecule has 1 heterocycles. The van der Waals surface area contributed by atoms with Crippen LogP contribution in [0.3, 0.4) is 0 Å². The van der Waals surface area contributed by atoms with E-state index in [0.717, 1.165) is 5.56 Å². The number of carbonyl (C=O) groups is 1. The van der Waals surface area contributed by atoms with Crippen LogP contribution in [0.25, 0.3) is 0 Å². The van der Waals surface area contributed by atoms with Gasteiger partial charge in [-0.2, -0.15) is 5.10 Å². The minimum Gasteiger partial charge on any atom is -0.315 e. The summed E-state index contributed by atoms with van der Waals surface area (Å²) in [5.41, 5.74) is 6.00. The zero-order chi connectivity index (χ0) is 14.8. The monoisotopic (exact) mass is 272 g/mol. The lowest BCUT2D eigenvalue weighted by molar-refractivity contribution is -0.123. The summed E-state index contributed by atoms with van der Waals surface area (Å²) in [5.74, 6) is 0.580. The molecule has 0 amide bonds. The minimum atomic E-state index is -1.02. The van der Waals surface area contributed by atoms with Gasteiger partial charge < -0.3 is 5.73 Å². The second-order valence-electron chi connectivity index (χ2n) is 5.38. The number of carbonyl (C=O) groups excluding carboxylic acids is 1. The number of Topliss-reactive ketones (excluding diaryl/α,β-unsaturated/α-hetero) is 1. The molecule has 5 nitrogen and oxygen atoms in total. The average molecular weight is 272 g/mol. The van der Waals surface area contributed by atoms with Gasteiger partial charge in [-0.1, -0.05) is 30.3 Å². The average Bonchev–Trinajstić information content (AvgIpc) is 2.88. The Bertz CT molecular complexity index is 587. The second-order valence-corrected chi connectivity index (χ2v) is 5.38. The van der Waals surface area contributed by atoms with Gasteiger partial charge in [0.15, 0.2) is 5.78 Å². The van der Waals surface area contributed by atoms with Crippen molar-refractivity contribution < 1.29 is 4.79 Å². The lowest BCUT2D eigenvalue weighted by Gasteiger charge is -2.23. The number of nitrogens with zero attached hydrogens (tertiary/aromatic N) is 3. The van der Waals surface area contributed by atoms with E-state index in [2.05, 4.69) is 10.1 Å². The van der Waals surface area contributed by atoms with Crippen molar-refractivity contribution in [3.05, 3.63) is 48.0 Å². The van der Waals surface area contributed by atoms with Gasteiger partial charge in [0.1, 0.15) is 12.2 Å². The van der Waals surface area contributed by atoms with Gasteiger partial charge in [-0.25, -0.2) is 9.67 Å². The summed E-state index contributed by atoms with van der Waals surface area (Å²) in [6, 6.07) is 9.56. The first-order valence-corrected chi connectivity index (χ1v) is 6.69. The lowest BCUT2D eigenvalue weighted by atomic mass is 9.87. The first-order valence-electron chi connectivity index (χ1n) is 6.69. The number of rotatable bonds is 5. The Morgan fingerprint density at radius 2 is 2.00 bits per heavy atom. The summed E-state index contributed by atoms with van der Waals surface area (Å²) in [5, 5.41) is 4.14. The van der Waals surface area contributed by atoms with Crippen LogP contribution in [0, 0.1) is 0 Å². The summed E-state index contributed by atoms with van der Waals surface area (Å²) < 4.78 is 1.75. The summed E-state index contributed by atoms with van der Waals surface area (Å²) >= 11 is 0. The number of nitrogens with two attached hydrogens (primary N) is 1. The fraction of sp³-hybridized carbons (Fsp3) is 0.400. The maximum atomic E-state index is 12.5. The van der Waals surface area contributed by atoms with Crippen LogP contribution in [-0.2, 0) is 16.8 Å². The summed E-state index contributed by atoms with van der Waals surface area (Å²) in [4.78, 5) is 16.7. The van der Waals surface area contributed by atoms with Crippen LogP contribution in [0.1, 0.15) is 38.2 Å². The van der Waals surface area contributed by atoms with Crippen LogP contribution in [-0.4, -0.2) is 20.5 Å². The van der Waals surface area contributed by atoms with Gasteiger partial charge in [0, 0.05) is 6.04 Å². The maximum absolute atomic E-state index is 12.5. The SMILES string of the molecule is CC(C)n1ncnc1CC(=O)C(C)(N)c1ccccc1. The molecule has 0 saturated heterocycles. The first-order chi connectivity index (χ1) is 9.43. The highest BCUT2D eigenvalue weighted by molar-refractivity contribution is 5.90. The Morgan fingerprint density at radius 1 is 1.35 bits per heavy atom. The molecule has 0 radical (unpaired) electrons. The third-order valence-electron chi connectivity index (χ3n) is 3.41. The summed E-state index contributed by atoms with van der Waals surface area (Å²) in [7, 11) is 0. The molecule has 106 valence electrons. The molecular weight excluding hydrogens is 252 g/mol. The number of hydrogen-bond acceptors (Lipinski definition) is 4. The summed E-state index contributed by atoms with van der Waals surface area (Å²) in [6.07, 6.45) is 1.65. The van der Waals surface area contributed by atoms with E-state index in [0.29, 0.717) is 5.82 Å². The smallest absolute Gasteiger partial charge is 0.164 e. The van der Waals surface area contributed by atoms with E-state index in [1.165, 1.54) is 6.33 Å². The molecule has 5 heteroatoms. The maximum Gasteiger partial charge on any atom is 0.164 e. The highest BCUT2D eigenvalue weighted by Crippen LogP contribution is 2.20. The third kappa shape index (κ3) is 2.77. The van der Waals surface area contributed by atoms with Crippen molar-refractivity contribution >= 4 is 5.78 Å². The highest BCUT2D eigenvalue weighted by Gasteiger charge is 2.31. The standard InChI is InChI=1S/C15H20N4O/c1-11(2)19-14(17-10-18-19)9-13(20)15(3,16)12-7-5-4-6-8-12/h4-8,10-11H,9,16H2,1-3H3. The topological polar surface area (TPSA) is 73.8 Å². The quantitative estimate of drug-likeness (QED) is 0.901. The van der Waals surface area contributed by atoms with Crippen molar-refractivity contribution in [1.29, 1.82) is 0 Å². The van der Waals surface area contributed by atoms with Crippen molar-refractivity contribution in [1.82, 2.24) is 14.8 Å². The molecule has 1 unspecified atom stereocenters. The number of ketones is 1. The van der Waals surface area contributed by atoms with Gasteiger partial charge in [0.25, 0.3) is 0 Å². The first kappa shape index (κ1) is 14.4. The van der Waals surface area contributed by atoms with Gasteiger partial charge in [-0.15, -0.1) is 0 Å².